The fourth-order valence-electron chi connectivity index (χ4n) is 8.54. The van der Waals surface area contributed by atoms with Gasteiger partial charge in [0.2, 0.25) is 0 Å². The van der Waals surface area contributed by atoms with Crippen LogP contribution in [-0.4, -0.2) is 5.79 Å². The molecule has 3 heteroatoms. The van der Waals surface area contributed by atoms with Gasteiger partial charge in [0, 0.05) is 17.1 Å². The van der Waals surface area contributed by atoms with Gasteiger partial charge in [-0.3, -0.25) is 0 Å². The topological polar surface area (TPSA) is 18.5 Å². The Balaban J connectivity index is 1.25. The molecule has 1 spiro atoms. The molecule has 1 fully saturated rings. The first kappa shape index (κ1) is 29.5. The van der Waals surface area contributed by atoms with Crippen molar-refractivity contribution in [3.05, 3.63) is 162 Å². The summed E-state index contributed by atoms with van der Waals surface area (Å²) >= 11 is 0. The second kappa shape index (κ2) is 12.1. The Hall–Kier alpha value is -4.65. The van der Waals surface area contributed by atoms with E-state index in [1.807, 2.05) is 0 Å². The molecule has 2 nitrogen and oxygen atoms in total. The van der Waals surface area contributed by atoms with E-state index in [2.05, 4.69) is 153 Å². The lowest BCUT2D eigenvalue weighted by molar-refractivity contribution is -0.225. The van der Waals surface area contributed by atoms with Crippen LogP contribution in [0.25, 0.3) is 22.3 Å². The molecule has 0 aromatic heterocycles. The zero-order valence-electron chi connectivity index (χ0n) is 27.3. The first-order valence-corrected chi connectivity index (χ1v) is 18.7. The molecule has 48 heavy (non-hydrogen) atoms. The molecular weight excluding hydrogens is 603 g/mol. The number of fused-ring (bicyclic) bond motifs is 2. The van der Waals surface area contributed by atoms with Crippen LogP contribution < -0.4 is 25.4 Å². The highest BCUT2D eigenvalue weighted by Gasteiger charge is 2.57. The highest BCUT2D eigenvalue weighted by Crippen LogP contribution is 2.56. The van der Waals surface area contributed by atoms with Crippen LogP contribution in [0.15, 0.2) is 146 Å². The summed E-state index contributed by atoms with van der Waals surface area (Å²) in [6, 6.07) is 53.0. The third-order valence-corrected chi connectivity index (χ3v) is 13.3. The van der Waals surface area contributed by atoms with E-state index in [-0.39, 0.29) is 0 Å². The van der Waals surface area contributed by atoms with Gasteiger partial charge in [-0.2, -0.15) is 0 Å². The maximum atomic E-state index is 7.70. The summed E-state index contributed by atoms with van der Waals surface area (Å²) < 4.78 is 15.2. The van der Waals surface area contributed by atoms with Crippen molar-refractivity contribution in [2.24, 2.45) is 11.8 Å². The van der Waals surface area contributed by atoms with E-state index in [0.29, 0.717) is 11.8 Å². The van der Waals surface area contributed by atoms with E-state index >= 15 is 0 Å². The molecule has 0 radical (unpaired) electrons. The van der Waals surface area contributed by atoms with Gasteiger partial charge in [-0.15, -0.1) is 0 Å². The minimum absolute atomic E-state index is 0.298. The Morgan fingerprint density at radius 1 is 0.521 bits per heavy atom. The van der Waals surface area contributed by atoms with Crippen LogP contribution in [-0.2, 0) is 12.8 Å². The summed E-state index contributed by atoms with van der Waals surface area (Å²) in [6.45, 7) is 2.23. The number of hydrogen-bond acceptors (Lipinski definition) is 2. The van der Waals surface area contributed by atoms with Crippen LogP contribution in [0.3, 0.4) is 0 Å². The minimum Gasteiger partial charge on any atom is -0.451 e. The average molecular weight is 643 g/mol. The van der Waals surface area contributed by atoms with Crippen LogP contribution in [0.1, 0.15) is 36.0 Å². The molecule has 0 N–H and O–H groups in total. The van der Waals surface area contributed by atoms with Crippen molar-refractivity contribution in [2.45, 2.75) is 44.8 Å². The Morgan fingerprint density at radius 3 is 1.54 bits per heavy atom. The molecule has 6 aromatic rings. The van der Waals surface area contributed by atoms with Crippen molar-refractivity contribution >= 4 is 23.8 Å². The van der Waals surface area contributed by atoms with Crippen molar-refractivity contribution in [3.8, 4) is 33.8 Å². The van der Waals surface area contributed by atoms with Crippen molar-refractivity contribution in [1.29, 1.82) is 0 Å². The molecule has 0 unspecified atom stereocenters. The van der Waals surface area contributed by atoms with E-state index in [4.69, 9.17) is 9.47 Å². The second-order valence-corrected chi connectivity index (χ2v) is 15.7. The zero-order valence-corrected chi connectivity index (χ0v) is 28.2. The van der Waals surface area contributed by atoms with Gasteiger partial charge in [-0.1, -0.05) is 152 Å². The summed E-state index contributed by atoms with van der Waals surface area (Å²) in [4.78, 5) is 0. The molecule has 9 rings (SSSR count). The molecule has 6 aromatic carbocycles. The fourth-order valence-corrected chi connectivity index (χ4v) is 11.1. The van der Waals surface area contributed by atoms with Crippen molar-refractivity contribution in [3.63, 3.8) is 0 Å². The van der Waals surface area contributed by atoms with Gasteiger partial charge in [-0.25, -0.2) is 0 Å². The SMILES string of the molecule is Cc1c(-c2ccccc2)ccc2c1O[C@]13Oc4c(ccc(-c5ccccc5)c4P(c4ccccc4)c4ccccc4)C[C@H]1CCC[C@@H]3C2. The zero-order chi connectivity index (χ0) is 32.1. The van der Waals surface area contributed by atoms with Gasteiger partial charge >= 0.3 is 0 Å². The van der Waals surface area contributed by atoms with Gasteiger partial charge in [0.05, 0.1) is 0 Å². The van der Waals surface area contributed by atoms with Gasteiger partial charge < -0.3 is 9.47 Å². The average Bonchev–Trinajstić information content (AvgIpc) is 3.15. The Morgan fingerprint density at radius 2 is 0.979 bits per heavy atom. The van der Waals surface area contributed by atoms with Crippen LogP contribution in [0, 0.1) is 18.8 Å². The number of rotatable bonds is 5. The summed E-state index contributed by atoms with van der Waals surface area (Å²) in [5.74, 6) is 1.96. The lowest BCUT2D eigenvalue weighted by Gasteiger charge is -2.54. The molecule has 1 saturated carbocycles. The second-order valence-electron chi connectivity index (χ2n) is 13.6. The van der Waals surface area contributed by atoms with Gasteiger partial charge in [0.1, 0.15) is 11.5 Å². The van der Waals surface area contributed by atoms with E-state index in [1.165, 1.54) is 61.3 Å². The quantitative estimate of drug-likeness (QED) is 0.174. The van der Waals surface area contributed by atoms with Gasteiger partial charge in [0.15, 0.2) is 0 Å². The van der Waals surface area contributed by atoms with E-state index in [1.54, 1.807) is 0 Å². The van der Waals surface area contributed by atoms with Crippen LogP contribution in [0.4, 0.5) is 0 Å². The predicted molar refractivity (Wildman–Crippen MR) is 199 cm³/mol. The third-order valence-electron chi connectivity index (χ3n) is 10.8. The summed E-state index contributed by atoms with van der Waals surface area (Å²) in [7, 11) is -0.932. The fraction of sp³-hybridized carbons (Fsp3) is 0.200. The van der Waals surface area contributed by atoms with Crippen LogP contribution >= 0.6 is 7.92 Å². The third kappa shape index (κ3) is 4.89. The van der Waals surface area contributed by atoms with E-state index in [0.717, 1.165) is 37.2 Å². The monoisotopic (exact) mass is 642 g/mol. The lowest BCUT2D eigenvalue weighted by atomic mass is 9.68. The number of benzene rings is 6. The highest BCUT2D eigenvalue weighted by atomic mass is 31.1. The smallest absolute Gasteiger partial charge is 0.257 e. The largest absolute Gasteiger partial charge is 0.451 e. The van der Waals surface area contributed by atoms with Gasteiger partial charge in [-0.05, 0) is 90.1 Å². The summed E-state index contributed by atoms with van der Waals surface area (Å²) in [5.41, 5.74) is 8.75. The first-order valence-electron chi connectivity index (χ1n) is 17.4. The normalized spacial score (nSPS) is 20.8. The lowest BCUT2D eigenvalue weighted by Crippen LogP contribution is -2.62. The minimum atomic E-state index is -0.932. The van der Waals surface area contributed by atoms with Crippen molar-refractivity contribution in [2.75, 3.05) is 0 Å². The maximum Gasteiger partial charge on any atom is 0.257 e. The van der Waals surface area contributed by atoms with Crippen LogP contribution in [0.2, 0.25) is 0 Å². The van der Waals surface area contributed by atoms with E-state index in [9.17, 15) is 0 Å². The van der Waals surface area contributed by atoms with Crippen LogP contribution in [0.5, 0.6) is 11.5 Å². The first-order chi connectivity index (χ1) is 23.7. The summed E-state index contributed by atoms with van der Waals surface area (Å²) in [5, 5.41) is 3.95. The molecule has 0 bridgehead atoms. The van der Waals surface area contributed by atoms with Gasteiger partial charge in [0.25, 0.3) is 5.79 Å². The molecule has 3 aliphatic rings. The highest BCUT2D eigenvalue weighted by molar-refractivity contribution is 7.80. The molecule has 1 aliphatic carbocycles. The van der Waals surface area contributed by atoms with E-state index < -0.39 is 13.7 Å². The Bertz CT molecular complexity index is 2040. The van der Waals surface area contributed by atoms with Crippen molar-refractivity contribution < 1.29 is 9.47 Å². The molecule has 0 amide bonds. The molecule has 2 aliphatic heterocycles. The number of hydrogen-bond donors (Lipinski definition) is 0. The maximum absolute atomic E-state index is 7.70. The Labute approximate surface area is 285 Å². The predicted octanol–water partition coefficient (Wildman–Crippen LogP) is 9.77. The Kier molecular flexibility index (Phi) is 7.43. The molecule has 0 saturated heterocycles. The molecule has 2 heterocycles. The molecular formula is C45H39O2P. The number of ether oxygens (including phenoxy) is 2. The van der Waals surface area contributed by atoms with Crippen molar-refractivity contribution in [1.82, 2.24) is 0 Å². The standard InChI is InChI=1S/C45H39O2P/c1-31-40(32-15-6-2-7-16-32)27-25-34-29-36-19-14-20-37-30-35-26-28-41(33-17-8-3-9-18-33)44(43(35)47-45(36,37)46-42(31)34)48(38-21-10-4-11-22-38)39-23-12-5-13-24-39/h2-13,15-18,21-28,36-37H,14,19-20,29-30H2,1H3/t36-,37-,45-/m1/s1. The molecule has 236 valence electrons. The summed E-state index contributed by atoms with van der Waals surface area (Å²) in [6.07, 6.45) is 5.39. The molecule has 3 atom stereocenters.